The van der Waals surface area contributed by atoms with Crippen molar-refractivity contribution in [2.45, 2.75) is 75.6 Å². The molecule has 10 heteroatoms. The molecule has 3 aliphatic rings. The lowest BCUT2D eigenvalue weighted by atomic mass is 10.1. The van der Waals surface area contributed by atoms with Gasteiger partial charge < -0.3 is 29.7 Å². The molecular formula is C18H25N5O5. The van der Waals surface area contributed by atoms with Crippen LogP contribution in [0.4, 0.5) is 5.82 Å². The minimum atomic E-state index is -0.739. The third-order valence-electron chi connectivity index (χ3n) is 5.72. The van der Waals surface area contributed by atoms with Gasteiger partial charge in [-0.2, -0.15) is 5.10 Å². The van der Waals surface area contributed by atoms with Gasteiger partial charge in [-0.05, 0) is 33.1 Å². The Balaban J connectivity index is 1.46. The first-order valence-corrected chi connectivity index (χ1v) is 9.70. The zero-order valence-corrected chi connectivity index (χ0v) is 15.9. The van der Waals surface area contributed by atoms with E-state index in [-0.39, 0.29) is 31.0 Å². The predicted octanol–water partition coefficient (Wildman–Crippen LogP) is 0.561. The van der Waals surface area contributed by atoms with E-state index in [1.807, 2.05) is 18.4 Å². The molecule has 3 fully saturated rings. The van der Waals surface area contributed by atoms with Gasteiger partial charge in [-0.3, -0.25) is 4.57 Å². The molecule has 0 radical (unpaired) electrons. The second-order valence-electron chi connectivity index (χ2n) is 8.20. The summed E-state index contributed by atoms with van der Waals surface area (Å²) in [6, 6.07) is 0.151. The average Bonchev–Trinajstić information content (AvgIpc) is 3.38. The van der Waals surface area contributed by atoms with E-state index in [0.717, 1.165) is 18.4 Å². The summed E-state index contributed by atoms with van der Waals surface area (Å²) in [4.78, 5) is 4.52. The van der Waals surface area contributed by atoms with Crippen molar-refractivity contribution in [2.24, 2.45) is 0 Å². The highest BCUT2D eigenvalue weighted by atomic mass is 16.8. The van der Waals surface area contributed by atoms with Gasteiger partial charge in [0.15, 0.2) is 17.8 Å². The van der Waals surface area contributed by atoms with Crippen LogP contribution < -0.4 is 5.32 Å². The van der Waals surface area contributed by atoms with Crippen LogP contribution in [0.3, 0.4) is 0 Å². The lowest BCUT2D eigenvalue weighted by Crippen LogP contribution is -2.31. The molecule has 0 aromatic carbocycles. The van der Waals surface area contributed by atoms with Crippen LogP contribution in [0.2, 0.25) is 0 Å². The lowest BCUT2D eigenvalue weighted by Gasteiger charge is -2.24. The summed E-state index contributed by atoms with van der Waals surface area (Å²) in [5, 5.41) is 31.1. The average molecular weight is 391 g/mol. The van der Waals surface area contributed by atoms with Gasteiger partial charge in [-0.15, -0.1) is 5.10 Å². The molecule has 1 saturated carbocycles. The quantitative estimate of drug-likeness (QED) is 0.686. The van der Waals surface area contributed by atoms with Crippen LogP contribution in [0.15, 0.2) is 12.5 Å². The maximum Gasteiger partial charge on any atom is 0.177 e. The summed E-state index contributed by atoms with van der Waals surface area (Å²) in [6.45, 7) is 3.55. The predicted molar refractivity (Wildman–Crippen MR) is 97.4 cm³/mol. The molecule has 5 rings (SSSR count). The molecule has 2 aromatic rings. The fourth-order valence-corrected chi connectivity index (χ4v) is 4.48. The zero-order valence-electron chi connectivity index (χ0n) is 15.9. The van der Waals surface area contributed by atoms with Crippen molar-refractivity contribution in [3.8, 4) is 0 Å². The van der Waals surface area contributed by atoms with E-state index in [2.05, 4.69) is 20.5 Å². The molecule has 0 spiro atoms. The number of aliphatic hydroxyl groups excluding tert-OH is 2. The van der Waals surface area contributed by atoms with Crippen molar-refractivity contribution in [1.82, 2.24) is 19.7 Å². The first-order chi connectivity index (χ1) is 13.4. The molecule has 1 unspecified atom stereocenters. The molecule has 4 heterocycles. The van der Waals surface area contributed by atoms with Gasteiger partial charge in [0.05, 0.1) is 30.8 Å². The highest BCUT2D eigenvalue weighted by Gasteiger charge is 2.55. The summed E-state index contributed by atoms with van der Waals surface area (Å²) >= 11 is 0. The smallest absolute Gasteiger partial charge is 0.177 e. The van der Waals surface area contributed by atoms with Gasteiger partial charge >= 0.3 is 0 Å². The largest absolute Gasteiger partial charge is 0.394 e. The summed E-state index contributed by atoms with van der Waals surface area (Å²) in [5.74, 6) is -0.149. The third-order valence-corrected chi connectivity index (χ3v) is 5.72. The minimum absolute atomic E-state index is 0.151. The van der Waals surface area contributed by atoms with Gasteiger partial charge in [0, 0.05) is 6.04 Å². The molecule has 3 N–H and O–H groups in total. The number of nitrogens with one attached hydrogen (secondary N) is 1. The van der Waals surface area contributed by atoms with Gasteiger partial charge in [0.25, 0.3) is 0 Å². The van der Waals surface area contributed by atoms with Gasteiger partial charge in [-0.1, -0.05) is 0 Å². The molecular weight excluding hydrogens is 366 g/mol. The van der Waals surface area contributed by atoms with Crippen molar-refractivity contribution in [2.75, 3.05) is 11.9 Å². The molecule has 6 atom stereocenters. The Labute approximate surface area is 161 Å². The number of hydrogen-bond acceptors (Lipinski definition) is 9. The van der Waals surface area contributed by atoms with Crippen LogP contribution in [-0.2, 0) is 14.2 Å². The first kappa shape index (κ1) is 18.2. The SMILES string of the molecule is CC1(C)O[C@@H]2[C@@H](CO)OC(n3cnc4c(N[C@@H]5CC[C@@H](O)C5)nncc43)[C@@H]2O1. The standard InChI is InChI=1S/C18H25N5O5/c1-18(2)27-14-12(7-24)26-17(15(14)28-18)23-8-19-13-11(23)6-20-22-16(13)21-9-3-4-10(25)5-9/h6,8-10,12,14-15,17,24-25H,3-5,7H2,1-2H3,(H,21,22)/t9-,10-,12-,14-,15-,17?/m1/s1. The molecule has 2 aliphatic heterocycles. The number of rotatable bonds is 4. The Morgan fingerprint density at radius 2 is 2.11 bits per heavy atom. The number of aromatic nitrogens is 4. The minimum Gasteiger partial charge on any atom is -0.394 e. The molecule has 0 bridgehead atoms. The van der Waals surface area contributed by atoms with E-state index in [1.165, 1.54) is 0 Å². The fourth-order valence-electron chi connectivity index (χ4n) is 4.48. The zero-order chi connectivity index (χ0) is 19.5. The first-order valence-electron chi connectivity index (χ1n) is 9.70. The maximum absolute atomic E-state index is 9.76. The molecule has 2 aromatic heterocycles. The van der Waals surface area contributed by atoms with E-state index in [9.17, 15) is 10.2 Å². The van der Waals surface area contributed by atoms with Crippen LogP contribution in [-0.4, -0.2) is 72.8 Å². The van der Waals surface area contributed by atoms with E-state index in [0.29, 0.717) is 17.8 Å². The third kappa shape index (κ3) is 2.96. The van der Waals surface area contributed by atoms with Crippen LogP contribution >= 0.6 is 0 Å². The number of hydrogen-bond donors (Lipinski definition) is 3. The second kappa shape index (κ2) is 6.60. The van der Waals surface area contributed by atoms with Crippen LogP contribution in [0.25, 0.3) is 11.0 Å². The number of aliphatic hydroxyl groups is 2. The van der Waals surface area contributed by atoms with E-state index in [4.69, 9.17) is 14.2 Å². The Hall–Kier alpha value is -1.85. The molecule has 1 aliphatic carbocycles. The maximum atomic E-state index is 9.76. The Bertz CT molecular complexity index is 873. The van der Waals surface area contributed by atoms with Crippen molar-refractivity contribution in [3.63, 3.8) is 0 Å². The van der Waals surface area contributed by atoms with Gasteiger partial charge in [0.1, 0.15) is 23.8 Å². The van der Waals surface area contributed by atoms with Crippen molar-refractivity contribution in [1.29, 1.82) is 0 Å². The van der Waals surface area contributed by atoms with Gasteiger partial charge in [-0.25, -0.2) is 4.98 Å². The van der Waals surface area contributed by atoms with Crippen LogP contribution in [0, 0.1) is 0 Å². The normalized spacial score (nSPS) is 36.9. The summed E-state index contributed by atoms with van der Waals surface area (Å²) in [7, 11) is 0. The number of nitrogens with zero attached hydrogens (tertiary/aromatic N) is 4. The lowest BCUT2D eigenvalue weighted by molar-refractivity contribution is -0.199. The van der Waals surface area contributed by atoms with Crippen LogP contribution in [0.5, 0.6) is 0 Å². The molecule has 2 saturated heterocycles. The van der Waals surface area contributed by atoms with Crippen LogP contribution in [0.1, 0.15) is 39.3 Å². The van der Waals surface area contributed by atoms with Gasteiger partial charge in [0.2, 0.25) is 0 Å². The number of ether oxygens (including phenoxy) is 3. The summed E-state index contributed by atoms with van der Waals surface area (Å²) in [6.07, 6.45) is 3.73. The summed E-state index contributed by atoms with van der Waals surface area (Å²) < 4.78 is 19.9. The molecule has 0 amide bonds. The molecule has 10 nitrogen and oxygen atoms in total. The fraction of sp³-hybridized carbons (Fsp3) is 0.722. The highest BCUT2D eigenvalue weighted by molar-refractivity contribution is 5.85. The van der Waals surface area contributed by atoms with Crippen molar-refractivity contribution in [3.05, 3.63) is 12.5 Å². The number of imidazole rings is 1. The Morgan fingerprint density at radius 1 is 1.29 bits per heavy atom. The Morgan fingerprint density at radius 3 is 2.86 bits per heavy atom. The van der Waals surface area contributed by atoms with E-state index >= 15 is 0 Å². The molecule has 28 heavy (non-hydrogen) atoms. The number of anilines is 1. The van der Waals surface area contributed by atoms with E-state index < -0.39 is 18.1 Å². The Kier molecular flexibility index (Phi) is 4.29. The molecule has 152 valence electrons. The monoisotopic (exact) mass is 391 g/mol. The van der Waals surface area contributed by atoms with E-state index in [1.54, 1.807) is 12.5 Å². The topological polar surface area (TPSA) is 124 Å². The number of fused-ring (bicyclic) bond motifs is 2. The summed E-state index contributed by atoms with van der Waals surface area (Å²) in [5.41, 5.74) is 1.44. The van der Waals surface area contributed by atoms with Crippen molar-refractivity contribution >= 4 is 16.9 Å². The van der Waals surface area contributed by atoms with Crippen molar-refractivity contribution < 1.29 is 24.4 Å². The highest BCUT2D eigenvalue weighted by Crippen LogP contribution is 2.43. The second-order valence-corrected chi connectivity index (χ2v) is 8.20.